The van der Waals surface area contributed by atoms with Gasteiger partial charge in [-0.1, -0.05) is 18.2 Å². The molecule has 0 saturated carbocycles. The van der Waals surface area contributed by atoms with Crippen molar-refractivity contribution in [1.29, 1.82) is 0 Å². The van der Waals surface area contributed by atoms with E-state index in [1.54, 1.807) is 12.1 Å². The lowest BCUT2D eigenvalue weighted by Gasteiger charge is -2.51. The van der Waals surface area contributed by atoms with E-state index in [1.165, 1.54) is 6.20 Å². The first-order valence-corrected chi connectivity index (χ1v) is 10.1. The van der Waals surface area contributed by atoms with Crippen LogP contribution in [0, 0.1) is 11.9 Å². The lowest BCUT2D eigenvalue weighted by molar-refractivity contribution is -0.0542. The van der Waals surface area contributed by atoms with Crippen molar-refractivity contribution in [3.8, 4) is 5.75 Å². The molecule has 1 saturated heterocycles. The van der Waals surface area contributed by atoms with E-state index in [4.69, 9.17) is 20.2 Å². The Morgan fingerprint density at radius 1 is 1.21 bits per heavy atom. The lowest BCUT2D eigenvalue weighted by Crippen LogP contribution is -2.58. The second-order valence-electron chi connectivity index (χ2n) is 8.29. The lowest BCUT2D eigenvalue weighted by atomic mass is 9.66. The second-order valence-corrected chi connectivity index (χ2v) is 8.29. The minimum Gasteiger partial charge on any atom is -0.490 e. The fourth-order valence-electron chi connectivity index (χ4n) is 5.10. The Hall–Kier alpha value is -2.67. The Kier molecular flexibility index (Phi) is 4.24. The van der Waals surface area contributed by atoms with Crippen LogP contribution >= 0.6 is 0 Å². The van der Waals surface area contributed by atoms with E-state index < -0.39 is 17.6 Å². The zero-order valence-corrected chi connectivity index (χ0v) is 16.6. The molecule has 29 heavy (non-hydrogen) atoms. The van der Waals surface area contributed by atoms with Gasteiger partial charge in [0.2, 0.25) is 5.95 Å². The molecule has 2 N–H and O–H groups in total. The quantitative estimate of drug-likeness (QED) is 0.790. The number of likely N-dealkylation sites (tertiary alicyclic amines) is 1. The number of pyridine rings is 1. The molecule has 0 amide bonds. The number of fused-ring (bicyclic) bond motifs is 4. The number of aromatic nitrogens is 1. The molecule has 7 heteroatoms. The highest BCUT2D eigenvalue weighted by atomic mass is 19.1. The van der Waals surface area contributed by atoms with Gasteiger partial charge in [-0.25, -0.2) is 9.98 Å². The Morgan fingerprint density at radius 3 is 2.83 bits per heavy atom. The maximum atomic E-state index is 14.8. The number of rotatable bonds is 2. The molecule has 5 rings (SSSR count). The summed E-state index contributed by atoms with van der Waals surface area (Å²) in [4.78, 5) is 11.1. The smallest absolute Gasteiger partial charge is 0.283 e. The summed E-state index contributed by atoms with van der Waals surface area (Å²) in [5, 5.41) is 0. The average molecular weight is 396 g/mol. The van der Waals surface area contributed by atoms with Crippen molar-refractivity contribution in [2.75, 3.05) is 13.1 Å². The molecular formula is C22H25FN4O2. The van der Waals surface area contributed by atoms with Gasteiger partial charge in [-0.3, -0.25) is 0 Å². The molecule has 1 aromatic heterocycles. The van der Waals surface area contributed by atoms with Crippen LogP contribution in [0.25, 0.3) is 0 Å². The average Bonchev–Trinajstić information content (AvgIpc) is 3.06. The Bertz CT molecular complexity index is 965. The van der Waals surface area contributed by atoms with Crippen LogP contribution < -0.4 is 10.5 Å². The van der Waals surface area contributed by atoms with Crippen LogP contribution in [-0.2, 0) is 10.3 Å². The predicted molar refractivity (Wildman–Crippen MR) is 107 cm³/mol. The number of para-hydroxylation sites is 1. The Labute approximate surface area is 169 Å². The number of amidine groups is 1. The molecule has 4 heterocycles. The first-order valence-electron chi connectivity index (χ1n) is 10.1. The van der Waals surface area contributed by atoms with Gasteiger partial charge in [0.1, 0.15) is 17.4 Å². The van der Waals surface area contributed by atoms with Crippen LogP contribution in [0.3, 0.4) is 0 Å². The number of nitrogens with zero attached hydrogens (tertiary/aromatic N) is 3. The molecule has 1 fully saturated rings. The predicted octanol–water partition coefficient (Wildman–Crippen LogP) is 2.99. The highest BCUT2D eigenvalue weighted by Crippen LogP contribution is 2.57. The Morgan fingerprint density at radius 2 is 2.03 bits per heavy atom. The van der Waals surface area contributed by atoms with E-state index in [0.29, 0.717) is 11.6 Å². The second kappa shape index (κ2) is 6.69. The monoisotopic (exact) mass is 396 g/mol. The molecule has 1 spiro atoms. The molecule has 6 nitrogen and oxygen atoms in total. The molecule has 2 aromatic rings. The van der Waals surface area contributed by atoms with Gasteiger partial charge >= 0.3 is 0 Å². The van der Waals surface area contributed by atoms with Crippen molar-refractivity contribution in [2.45, 2.75) is 44.1 Å². The largest absolute Gasteiger partial charge is 0.490 e. The molecule has 0 bridgehead atoms. The summed E-state index contributed by atoms with van der Waals surface area (Å²) in [6.07, 6.45) is 1.57. The molecular weight excluding hydrogens is 371 g/mol. The minimum absolute atomic E-state index is 0.0285. The summed E-state index contributed by atoms with van der Waals surface area (Å²) in [6, 6.07) is 11.7. The fraction of sp³-hybridized carbons (Fsp3) is 0.455. The van der Waals surface area contributed by atoms with Crippen LogP contribution in [0.4, 0.5) is 4.39 Å². The summed E-state index contributed by atoms with van der Waals surface area (Å²) < 4.78 is 27.2. The maximum Gasteiger partial charge on any atom is 0.283 e. The van der Waals surface area contributed by atoms with Crippen LogP contribution in [0.5, 0.6) is 5.75 Å². The van der Waals surface area contributed by atoms with E-state index in [2.05, 4.69) is 23.7 Å². The number of aliphatic imine (C=N–C) groups is 1. The zero-order valence-electron chi connectivity index (χ0n) is 16.6. The highest BCUT2D eigenvalue weighted by Gasteiger charge is 2.61. The van der Waals surface area contributed by atoms with Gasteiger partial charge in [0.25, 0.3) is 6.02 Å². The van der Waals surface area contributed by atoms with Crippen molar-refractivity contribution >= 4 is 6.02 Å². The van der Waals surface area contributed by atoms with Crippen molar-refractivity contribution in [1.82, 2.24) is 9.88 Å². The number of piperidine rings is 1. The minimum atomic E-state index is -0.860. The van der Waals surface area contributed by atoms with Crippen LogP contribution in [0.2, 0.25) is 0 Å². The SMILES string of the molecule is CC(C)N1CCC2Oc3ccccc3C3(N=C(N)OC3c3cccnc3F)C2C1. The van der Waals surface area contributed by atoms with E-state index in [0.717, 1.165) is 30.8 Å². The third kappa shape index (κ3) is 2.71. The summed E-state index contributed by atoms with van der Waals surface area (Å²) in [7, 11) is 0. The van der Waals surface area contributed by atoms with E-state index in [9.17, 15) is 4.39 Å². The first kappa shape index (κ1) is 18.4. The van der Waals surface area contributed by atoms with Crippen molar-refractivity contribution in [3.05, 3.63) is 59.7 Å². The van der Waals surface area contributed by atoms with E-state index in [-0.39, 0.29) is 18.0 Å². The fourth-order valence-corrected chi connectivity index (χ4v) is 5.10. The summed E-state index contributed by atoms with van der Waals surface area (Å²) >= 11 is 0. The normalized spacial score (nSPS) is 31.0. The van der Waals surface area contributed by atoms with E-state index >= 15 is 0 Å². The molecule has 4 atom stereocenters. The molecule has 1 aromatic carbocycles. The van der Waals surface area contributed by atoms with Crippen molar-refractivity contribution < 1.29 is 13.9 Å². The van der Waals surface area contributed by atoms with Gasteiger partial charge < -0.3 is 20.1 Å². The Balaban J connectivity index is 1.72. The molecule has 3 aliphatic rings. The van der Waals surface area contributed by atoms with Crippen LogP contribution in [0.15, 0.2) is 47.6 Å². The topological polar surface area (TPSA) is 73.0 Å². The zero-order chi connectivity index (χ0) is 20.2. The molecule has 3 aliphatic heterocycles. The first-order chi connectivity index (χ1) is 14.0. The molecule has 0 radical (unpaired) electrons. The van der Waals surface area contributed by atoms with Gasteiger partial charge in [0, 0.05) is 36.8 Å². The van der Waals surface area contributed by atoms with Crippen molar-refractivity contribution in [2.24, 2.45) is 16.6 Å². The number of benzene rings is 1. The summed E-state index contributed by atoms with van der Waals surface area (Å²) in [5.41, 5.74) is 6.52. The molecule has 152 valence electrons. The summed E-state index contributed by atoms with van der Waals surface area (Å²) in [6.45, 7) is 6.09. The van der Waals surface area contributed by atoms with E-state index in [1.807, 2.05) is 24.3 Å². The van der Waals surface area contributed by atoms with Gasteiger partial charge in [-0.05, 0) is 38.5 Å². The van der Waals surface area contributed by atoms with Gasteiger partial charge in [-0.2, -0.15) is 4.39 Å². The van der Waals surface area contributed by atoms with Crippen molar-refractivity contribution in [3.63, 3.8) is 0 Å². The maximum absolute atomic E-state index is 14.8. The third-order valence-corrected chi connectivity index (χ3v) is 6.48. The van der Waals surface area contributed by atoms with Gasteiger partial charge in [0.05, 0.1) is 5.56 Å². The number of hydrogen-bond acceptors (Lipinski definition) is 6. The molecule has 4 unspecified atom stereocenters. The number of nitrogens with two attached hydrogens (primary N) is 1. The van der Waals surface area contributed by atoms with Crippen LogP contribution in [-0.4, -0.2) is 41.1 Å². The number of ether oxygens (including phenoxy) is 2. The van der Waals surface area contributed by atoms with Gasteiger partial charge in [-0.15, -0.1) is 0 Å². The summed E-state index contributed by atoms with van der Waals surface area (Å²) in [5.74, 6) is 0.182. The van der Waals surface area contributed by atoms with Gasteiger partial charge in [0.15, 0.2) is 6.10 Å². The molecule has 0 aliphatic carbocycles. The van der Waals surface area contributed by atoms with Crippen LogP contribution in [0.1, 0.15) is 37.5 Å². The number of halogens is 1. The number of hydrogen-bond donors (Lipinski definition) is 1. The standard InChI is InChI=1S/C22H25FN4O2/c1-13(2)27-11-9-18-16(12-27)22(15-7-3-4-8-17(15)28-18)19(29-21(24)26-22)14-6-5-10-25-20(14)23/h3-8,10,13,16,18-19H,9,11-12H2,1-2H3,(H2,24,26). The third-order valence-electron chi connectivity index (χ3n) is 6.48. The highest BCUT2D eigenvalue weighted by molar-refractivity contribution is 5.76.